The molecule has 3 rings (SSSR count). The van der Waals surface area contributed by atoms with Crippen molar-refractivity contribution >= 4 is 59.4 Å². The fourth-order valence-corrected chi connectivity index (χ4v) is 8.61. The average molecular weight is 1150 g/mol. The average Bonchev–Trinajstić information content (AvgIpc) is 4.30. The molecular formula is C55H89N15O12. The lowest BCUT2D eigenvalue weighted by Gasteiger charge is -2.27. The summed E-state index contributed by atoms with van der Waals surface area (Å²) in [5, 5.41) is 44.5. The predicted molar refractivity (Wildman–Crippen MR) is 303 cm³/mol. The molecule has 0 unspecified atom stereocenters. The maximum absolute atomic E-state index is 14.2. The molecule has 2 aromatic heterocycles. The Hall–Kier alpha value is -7.26. The molecule has 3 heterocycles. The van der Waals surface area contributed by atoms with Gasteiger partial charge in [-0.3, -0.25) is 53.1 Å². The molecule has 0 aliphatic carbocycles. The van der Waals surface area contributed by atoms with Crippen molar-refractivity contribution < 1.29 is 57.7 Å². The number of aryl methyl sites for hydroxylation is 1. The van der Waals surface area contributed by atoms with Gasteiger partial charge in [0.25, 0.3) is 0 Å². The van der Waals surface area contributed by atoms with E-state index in [1.807, 2.05) is 6.92 Å². The van der Waals surface area contributed by atoms with Crippen LogP contribution in [-0.2, 0) is 65.5 Å². The first-order valence-electron chi connectivity index (χ1n) is 28.9. The van der Waals surface area contributed by atoms with E-state index in [-0.39, 0.29) is 45.0 Å². The van der Waals surface area contributed by atoms with E-state index < -0.39 is 104 Å². The van der Waals surface area contributed by atoms with Gasteiger partial charge in [0.2, 0.25) is 53.2 Å². The summed E-state index contributed by atoms with van der Waals surface area (Å²) < 4.78 is 10.8. The number of hydrogen-bond acceptors (Lipinski definition) is 17. The summed E-state index contributed by atoms with van der Waals surface area (Å²) in [4.78, 5) is 126. The Morgan fingerprint density at radius 2 is 1.26 bits per heavy atom. The monoisotopic (exact) mass is 1150 g/mol. The van der Waals surface area contributed by atoms with Gasteiger partial charge >= 0.3 is 0 Å². The highest BCUT2D eigenvalue weighted by atomic mass is 16.5. The Labute approximate surface area is 480 Å². The molecule has 456 valence electrons. The first kappa shape index (κ1) is 69.0. The molecule has 1 aliphatic heterocycles. The molecule has 27 heteroatoms. The Morgan fingerprint density at radius 1 is 0.646 bits per heavy atom. The van der Waals surface area contributed by atoms with Crippen molar-refractivity contribution in [3.05, 3.63) is 47.7 Å². The number of nitrogens with zero attached hydrogens (tertiary/aromatic N) is 5. The molecule has 0 saturated carbocycles. The molecule has 0 saturated heterocycles. The van der Waals surface area contributed by atoms with Crippen LogP contribution in [0.25, 0.3) is 0 Å². The van der Waals surface area contributed by atoms with Crippen LogP contribution in [0.5, 0.6) is 0 Å². The van der Waals surface area contributed by atoms with Crippen molar-refractivity contribution in [3.63, 3.8) is 0 Å². The molecular weight excluding hydrogens is 1060 g/mol. The van der Waals surface area contributed by atoms with E-state index in [2.05, 4.69) is 73.1 Å². The number of hydrogen-bond donors (Lipinski definition) is 11. The lowest BCUT2D eigenvalue weighted by atomic mass is 10.0. The Balaban J connectivity index is 1.36. The number of pyridine rings is 1. The van der Waals surface area contributed by atoms with Gasteiger partial charge in [-0.1, -0.05) is 108 Å². The molecule has 82 heavy (non-hydrogen) atoms. The summed E-state index contributed by atoms with van der Waals surface area (Å²) in [5.41, 5.74) is 6.27. The fourth-order valence-electron chi connectivity index (χ4n) is 8.61. The summed E-state index contributed by atoms with van der Waals surface area (Å²) in [7, 11) is 1.44. The van der Waals surface area contributed by atoms with Gasteiger partial charge in [0.05, 0.1) is 33.0 Å². The third kappa shape index (κ3) is 31.1. The van der Waals surface area contributed by atoms with E-state index in [1.54, 1.807) is 30.5 Å². The number of unbranched alkanes of at least 4 members (excludes halogenated alkanes) is 13. The highest BCUT2D eigenvalue weighted by Gasteiger charge is 2.33. The van der Waals surface area contributed by atoms with Gasteiger partial charge < -0.3 is 62.8 Å². The number of carbonyl (C=O) groups excluding carboxylic acids is 9. The fraction of sp³-hybridized carbons (Fsp3) is 0.673. The molecule has 27 nitrogen and oxygen atoms in total. The highest BCUT2D eigenvalue weighted by molar-refractivity contribution is 5.97. The van der Waals surface area contributed by atoms with Crippen LogP contribution in [0.4, 0.5) is 0 Å². The number of aliphatic imine (C=N–C) groups is 1. The lowest BCUT2D eigenvalue weighted by molar-refractivity contribution is -0.135. The van der Waals surface area contributed by atoms with Crippen molar-refractivity contribution in [1.29, 1.82) is 0 Å². The van der Waals surface area contributed by atoms with Gasteiger partial charge in [-0.15, -0.1) is 10.2 Å². The number of allylic oxidation sites excluding steroid dienone is 1. The second kappa shape index (κ2) is 42.6. The standard InChI is InChI=1S/C55H89N15O12/c1-3-4-23-41(51(76)57-2)63-53(78)43(34-39-21-18-19-28-58-39)66-54(79)44(35-40-22-20-29-59-40)65-52(77)42(26-27-46(56)72)64-55(80)45(37-71)62-49(74)36-61-50(75)38-82-33-32-81-31-30-60-48(73)25-17-15-13-11-9-7-5-6-8-10-12-14-16-24-47-67-69-70-68-47/h18-19,21-22,28-29,41-45,71H,3-17,20,23-27,30-38H2,1-2H3,(H2,56,72)(H,57,76)(H,60,73)(H,61,75)(H,62,74)(H,63,78)(H,64,80)(H,65,77)(H,66,79)(H,67,68,69,70)/t41-,42-,43-,44-,45-/m0/s1. The minimum atomic E-state index is -1.63. The zero-order chi connectivity index (χ0) is 59.6. The van der Waals surface area contributed by atoms with Gasteiger partial charge in [-0.05, 0) is 37.8 Å². The number of amides is 9. The molecule has 0 aromatic carbocycles. The van der Waals surface area contributed by atoms with Crippen LogP contribution in [0.15, 0.2) is 41.2 Å². The normalized spacial score (nSPS) is 13.6. The van der Waals surface area contributed by atoms with Crippen molar-refractivity contribution in [3.8, 4) is 0 Å². The summed E-state index contributed by atoms with van der Waals surface area (Å²) in [6.07, 6.45) is 22.6. The maximum atomic E-state index is 14.2. The summed E-state index contributed by atoms with van der Waals surface area (Å²) in [6, 6.07) is -1.72. The van der Waals surface area contributed by atoms with Crippen molar-refractivity contribution in [2.45, 2.75) is 185 Å². The number of ether oxygens (including phenoxy) is 2. The van der Waals surface area contributed by atoms with E-state index in [4.69, 9.17) is 15.2 Å². The zero-order valence-corrected chi connectivity index (χ0v) is 47.8. The van der Waals surface area contributed by atoms with Crippen LogP contribution < -0.4 is 48.3 Å². The Bertz CT molecular complexity index is 2290. The van der Waals surface area contributed by atoms with E-state index in [9.17, 15) is 48.3 Å². The Kier molecular flexibility index (Phi) is 35.8. The smallest absolute Gasteiger partial charge is 0.246 e. The van der Waals surface area contributed by atoms with Gasteiger partial charge in [-0.2, -0.15) is 5.21 Å². The van der Waals surface area contributed by atoms with Crippen LogP contribution in [0, 0.1) is 0 Å². The molecule has 2 aromatic rings. The second-order valence-electron chi connectivity index (χ2n) is 20.0. The molecule has 5 atom stereocenters. The van der Waals surface area contributed by atoms with Crippen molar-refractivity contribution in [2.24, 2.45) is 10.7 Å². The number of likely N-dealkylation sites (N-methyl/N-ethyl adjacent to an activating group) is 1. The van der Waals surface area contributed by atoms with Crippen molar-refractivity contribution in [1.82, 2.24) is 68.1 Å². The van der Waals surface area contributed by atoms with E-state index >= 15 is 0 Å². The van der Waals surface area contributed by atoms with E-state index in [0.717, 1.165) is 44.3 Å². The van der Waals surface area contributed by atoms with Gasteiger partial charge in [0.15, 0.2) is 5.82 Å². The molecule has 12 N–H and O–H groups in total. The number of aliphatic hydroxyl groups is 1. The quantitative estimate of drug-likeness (QED) is 0.0401. The molecule has 0 spiro atoms. The number of carbonyl (C=O) groups is 9. The molecule has 9 amide bonds. The first-order valence-corrected chi connectivity index (χ1v) is 28.9. The maximum Gasteiger partial charge on any atom is 0.246 e. The molecule has 1 aliphatic rings. The van der Waals surface area contributed by atoms with Crippen LogP contribution in [0.1, 0.15) is 153 Å². The largest absolute Gasteiger partial charge is 0.394 e. The highest BCUT2D eigenvalue weighted by Crippen LogP contribution is 2.16. The topological polar surface area (TPSA) is 394 Å². The lowest BCUT2D eigenvalue weighted by Crippen LogP contribution is -2.60. The minimum absolute atomic E-state index is 0.0321. The summed E-state index contributed by atoms with van der Waals surface area (Å²) in [6.45, 7) is 0.751. The minimum Gasteiger partial charge on any atom is -0.394 e. The zero-order valence-electron chi connectivity index (χ0n) is 47.8. The van der Waals surface area contributed by atoms with Gasteiger partial charge in [0.1, 0.15) is 36.8 Å². The SMILES string of the molecule is CCCC[C@H](NC(=O)[C@H](Cc1ccccn1)NC(=O)[C@H](CC1=CCC=N1)NC(=O)[C@H](CCC(N)=O)NC(=O)[C@H](CO)NC(=O)CNC(=O)COCCOCCNC(=O)CCCCCCCCCCCCCCCc1nn[nH]n1)C(=O)NC. The van der Waals surface area contributed by atoms with Crippen LogP contribution >= 0.6 is 0 Å². The predicted octanol–water partition coefficient (Wildman–Crippen LogP) is 0.473. The molecule has 0 bridgehead atoms. The Morgan fingerprint density at radius 3 is 1.84 bits per heavy atom. The van der Waals surface area contributed by atoms with Crippen molar-refractivity contribution in [2.75, 3.05) is 53.2 Å². The van der Waals surface area contributed by atoms with Crippen LogP contribution in [0.3, 0.4) is 0 Å². The number of nitrogens with two attached hydrogens (primary N) is 1. The van der Waals surface area contributed by atoms with Gasteiger partial charge in [0, 0.05) is 75.9 Å². The van der Waals surface area contributed by atoms with Crippen LogP contribution in [-0.4, -0.2) is 173 Å². The first-order chi connectivity index (χ1) is 39.7. The number of primary amides is 1. The number of aromatic nitrogens is 5. The van der Waals surface area contributed by atoms with Gasteiger partial charge in [-0.25, -0.2) is 0 Å². The summed E-state index contributed by atoms with van der Waals surface area (Å²) >= 11 is 0. The second-order valence-corrected chi connectivity index (χ2v) is 20.0. The number of nitrogens with one attached hydrogen (secondary N) is 9. The number of aromatic amines is 1. The number of tetrazole rings is 1. The third-order valence-corrected chi connectivity index (χ3v) is 13.2. The number of rotatable bonds is 47. The number of H-pyrrole nitrogens is 1. The van der Waals surface area contributed by atoms with E-state index in [1.165, 1.54) is 71.0 Å². The number of aliphatic hydroxyl groups excluding tert-OH is 1. The van der Waals surface area contributed by atoms with E-state index in [0.29, 0.717) is 43.6 Å². The van der Waals surface area contributed by atoms with Crippen LogP contribution in [0.2, 0.25) is 0 Å². The third-order valence-electron chi connectivity index (χ3n) is 13.2. The molecule has 0 fully saturated rings. The molecule has 0 radical (unpaired) electrons. The summed E-state index contributed by atoms with van der Waals surface area (Å²) in [5.74, 6) is -5.54.